The third kappa shape index (κ3) is 2.74. The second-order valence-corrected chi connectivity index (χ2v) is 7.18. The first kappa shape index (κ1) is 15.0. The number of hydrogen-bond acceptors (Lipinski definition) is 2. The molecule has 1 aliphatic carbocycles. The SMILES string of the molecule is CC1CCCC(CN)(C(C)(O)c2ccc(Br)cc2)C1. The van der Waals surface area contributed by atoms with Gasteiger partial charge in [0.05, 0.1) is 5.60 Å². The summed E-state index contributed by atoms with van der Waals surface area (Å²) >= 11 is 3.44. The Morgan fingerprint density at radius 1 is 1.42 bits per heavy atom. The van der Waals surface area contributed by atoms with Gasteiger partial charge in [-0.2, -0.15) is 0 Å². The summed E-state index contributed by atoms with van der Waals surface area (Å²) in [6, 6.07) is 7.97. The zero-order valence-electron chi connectivity index (χ0n) is 11.8. The Labute approximate surface area is 124 Å². The molecular weight excluding hydrogens is 302 g/mol. The molecule has 2 rings (SSSR count). The van der Waals surface area contributed by atoms with Crippen LogP contribution in [0.5, 0.6) is 0 Å². The van der Waals surface area contributed by atoms with Crippen molar-refractivity contribution < 1.29 is 5.11 Å². The molecule has 3 N–H and O–H groups in total. The number of nitrogens with two attached hydrogens (primary N) is 1. The number of hydrogen-bond donors (Lipinski definition) is 2. The summed E-state index contributed by atoms with van der Waals surface area (Å²) in [5.74, 6) is 0.638. The highest BCUT2D eigenvalue weighted by atomic mass is 79.9. The fourth-order valence-electron chi connectivity index (χ4n) is 3.57. The van der Waals surface area contributed by atoms with Crippen LogP contribution in [0.25, 0.3) is 0 Å². The monoisotopic (exact) mass is 325 g/mol. The molecule has 106 valence electrons. The first-order chi connectivity index (χ1) is 8.91. The number of rotatable bonds is 3. The van der Waals surface area contributed by atoms with E-state index in [1.807, 2.05) is 31.2 Å². The van der Waals surface area contributed by atoms with E-state index in [0.717, 1.165) is 29.3 Å². The number of halogens is 1. The molecule has 0 aromatic heterocycles. The Kier molecular flexibility index (Phi) is 4.38. The van der Waals surface area contributed by atoms with Gasteiger partial charge in [0.25, 0.3) is 0 Å². The predicted octanol–water partition coefficient (Wildman–Crippen LogP) is 3.81. The summed E-state index contributed by atoms with van der Waals surface area (Å²) in [7, 11) is 0. The van der Waals surface area contributed by atoms with E-state index in [1.165, 1.54) is 6.42 Å². The van der Waals surface area contributed by atoms with Gasteiger partial charge in [0.2, 0.25) is 0 Å². The largest absolute Gasteiger partial charge is 0.385 e. The Morgan fingerprint density at radius 3 is 2.58 bits per heavy atom. The van der Waals surface area contributed by atoms with Gasteiger partial charge >= 0.3 is 0 Å². The van der Waals surface area contributed by atoms with Crippen molar-refractivity contribution in [3.8, 4) is 0 Å². The van der Waals surface area contributed by atoms with Crippen molar-refractivity contribution in [2.75, 3.05) is 6.54 Å². The highest BCUT2D eigenvalue weighted by Gasteiger charge is 2.48. The fourth-order valence-corrected chi connectivity index (χ4v) is 3.83. The third-order valence-corrected chi connectivity index (χ3v) is 5.45. The Morgan fingerprint density at radius 2 is 2.05 bits per heavy atom. The lowest BCUT2D eigenvalue weighted by Crippen LogP contribution is -2.51. The summed E-state index contributed by atoms with van der Waals surface area (Å²) in [6.45, 7) is 4.74. The second kappa shape index (κ2) is 5.55. The maximum atomic E-state index is 11.2. The first-order valence-electron chi connectivity index (χ1n) is 7.10. The highest BCUT2D eigenvalue weighted by Crippen LogP contribution is 2.50. The van der Waals surface area contributed by atoms with Gasteiger partial charge in [0, 0.05) is 16.4 Å². The zero-order valence-corrected chi connectivity index (χ0v) is 13.4. The molecule has 1 aliphatic rings. The van der Waals surface area contributed by atoms with E-state index in [0.29, 0.717) is 12.5 Å². The van der Waals surface area contributed by atoms with Gasteiger partial charge in [-0.15, -0.1) is 0 Å². The van der Waals surface area contributed by atoms with E-state index in [9.17, 15) is 5.11 Å². The van der Waals surface area contributed by atoms with E-state index in [4.69, 9.17) is 5.73 Å². The minimum Gasteiger partial charge on any atom is -0.385 e. The number of benzene rings is 1. The third-order valence-electron chi connectivity index (χ3n) is 4.92. The molecule has 1 aromatic rings. The summed E-state index contributed by atoms with van der Waals surface area (Å²) in [4.78, 5) is 0. The lowest BCUT2D eigenvalue weighted by Gasteiger charge is -2.49. The van der Waals surface area contributed by atoms with Gasteiger partial charge in [-0.05, 0) is 43.4 Å². The van der Waals surface area contributed by atoms with Crippen LogP contribution in [-0.2, 0) is 5.60 Å². The zero-order chi connectivity index (χ0) is 14.1. The first-order valence-corrected chi connectivity index (χ1v) is 7.89. The lowest BCUT2D eigenvalue weighted by molar-refractivity contribution is -0.101. The van der Waals surface area contributed by atoms with E-state index in [-0.39, 0.29) is 5.41 Å². The van der Waals surface area contributed by atoms with Crippen LogP contribution in [0.3, 0.4) is 0 Å². The van der Waals surface area contributed by atoms with Crippen molar-refractivity contribution in [3.05, 3.63) is 34.3 Å². The molecular formula is C16H24BrNO. The number of aliphatic hydroxyl groups is 1. The van der Waals surface area contributed by atoms with Crippen LogP contribution in [0.2, 0.25) is 0 Å². The molecule has 0 saturated heterocycles. The quantitative estimate of drug-likeness (QED) is 0.887. The minimum absolute atomic E-state index is 0.196. The molecule has 0 heterocycles. The van der Waals surface area contributed by atoms with Gasteiger partial charge in [-0.25, -0.2) is 0 Å². The average molecular weight is 326 g/mol. The molecule has 0 amide bonds. The fraction of sp³-hybridized carbons (Fsp3) is 0.625. The van der Waals surface area contributed by atoms with Gasteiger partial charge in [-0.1, -0.05) is 47.8 Å². The average Bonchev–Trinajstić information content (AvgIpc) is 2.39. The van der Waals surface area contributed by atoms with E-state index < -0.39 is 5.60 Å². The Balaban J connectivity index is 2.37. The van der Waals surface area contributed by atoms with Gasteiger partial charge in [0.1, 0.15) is 0 Å². The van der Waals surface area contributed by atoms with Crippen molar-refractivity contribution in [2.24, 2.45) is 17.1 Å². The molecule has 1 fully saturated rings. The van der Waals surface area contributed by atoms with Crippen molar-refractivity contribution in [3.63, 3.8) is 0 Å². The molecule has 3 atom stereocenters. The van der Waals surface area contributed by atoms with Gasteiger partial charge < -0.3 is 10.8 Å². The lowest BCUT2D eigenvalue weighted by atomic mass is 9.59. The van der Waals surface area contributed by atoms with Crippen LogP contribution in [-0.4, -0.2) is 11.7 Å². The summed E-state index contributed by atoms with van der Waals surface area (Å²) < 4.78 is 1.03. The van der Waals surface area contributed by atoms with Crippen molar-refractivity contribution in [2.45, 2.75) is 45.1 Å². The predicted molar refractivity (Wildman–Crippen MR) is 82.8 cm³/mol. The van der Waals surface area contributed by atoms with Gasteiger partial charge in [0.15, 0.2) is 0 Å². The normalized spacial score (nSPS) is 30.9. The molecule has 1 saturated carbocycles. The smallest absolute Gasteiger partial charge is 0.0936 e. The molecule has 0 radical (unpaired) electrons. The van der Waals surface area contributed by atoms with Crippen LogP contribution >= 0.6 is 15.9 Å². The molecule has 0 spiro atoms. The molecule has 19 heavy (non-hydrogen) atoms. The Hall–Kier alpha value is -0.380. The molecule has 2 nitrogen and oxygen atoms in total. The molecule has 0 aliphatic heterocycles. The second-order valence-electron chi connectivity index (χ2n) is 6.27. The summed E-state index contributed by atoms with van der Waals surface area (Å²) in [6.07, 6.45) is 4.42. The molecule has 3 heteroatoms. The van der Waals surface area contributed by atoms with Crippen LogP contribution in [0.4, 0.5) is 0 Å². The maximum Gasteiger partial charge on any atom is 0.0936 e. The maximum absolute atomic E-state index is 11.2. The molecule has 1 aromatic carbocycles. The van der Waals surface area contributed by atoms with Crippen LogP contribution in [0.1, 0.15) is 45.1 Å². The summed E-state index contributed by atoms with van der Waals surface area (Å²) in [5.41, 5.74) is 5.99. The van der Waals surface area contributed by atoms with Crippen LogP contribution in [0, 0.1) is 11.3 Å². The van der Waals surface area contributed by atoms with Crippen molar-refractivity contribution in [1.29, 1.82) is 0 Å². The van der Waals surface area contributed by atoms with E-state index in [1.54, 1.807) is 0 Å². The molecule has 3 unspecified atom stereocenters. The van der Waals surface area contributed by atoms with Gasteiger partial charge in [-0.3, -0.25) is 0 Å². The molecule has 0 bridgehead atoms. The van der Waals surface area contributed by atoms with E-state index in [2.05, 4.69) is 22.9 Å². The summed E-state index contributed by atoms with van der Waals surface area (Å²) in [5, 5.41) is 11.2. The highest BCUT2D eigenvalue weighted by molar-refractivity contribution is 9.10. The van der Waals surface area contributed by atoms with Crippen LogP contribution in [0.15, 0.2) is 28.7 Å². The topological polar surface area (TPSA) is 46.2 Å². The van der Waals surface area contributed by atoms with Crippen molar-refractivity contribution >= 4 is 15.9 Å². The standard InChI is InChI=1S/C16H24BrNO/c1-12-4-3-9-16(10-12,11-18)15(2,19)13-5-7-14(17)8-6-13/h5-8,12,19H,3-4,9-11,18H2,1-2H3. The minimum atomic E-state index is -0.864. The Bertz CT molecular complexity index is 429. The van der Waals surface area contributed by atoms with E-state index >= 15 is 0 Å². The van der Waals surface area contributed by atoms with Crippen LogP contribution < -0.4 is 5.73 Å². The van der Waals surface area contributed by atoms with Crippen molar-refractivity contribution in [1.82, 2.24) is 0 Å².